The molecule has 7 heteroatoms. The number of carbonyl (C=O) groups is 1. The van der Waals surface area contributed by atoms with Gasteiger partial charge in [0.15, 0.2) is 0 Å². The fourth-order valence-electron chi connectivity index (χ4n) is 2.74. The van der Waals surface area contributed by atoms with Crippen LogP contribution in [0.2, 0.25) is 5.02 Å². The lowest BCUT2D eigenvalue weighted by Crippen LogP contribution is -2.16. The Morgan fingerprint density at radius 1 is 1.07 bits per heavy atom. The fraction of sp³-hybridized carbons (Fsp3) is 0.143. The number of aromatic nitrogens is 1. The second-order valence-corrected chi connectivity index (χ2v) is 6.59. The first-order valence-electron chi connectivity index (χ1n) is 8.53. The number of halogens is 2. The molecule has 0 fully saturated rings. The summed E-state index contributed by atoms with van der Waals surface area (Å²) in [6.45, 7) is 3.55. The normalized spacial score (nSPS) is 10.5. The third kappa shape index (κ3) is 4.23. The van der Waals surface area contributed by atoms with Crippen molar-refractivity contribution in [3.05, 3.63) is 76.2 Å². The van der Waals surface area contributed by atoms with Crippen molar-refractivity contribution < 1.29 is 13.9 Å². The Morgan fingerprint density at radius 3 is 2.50 bits per heavy atom. The highest BCUT2D eigenvalue weighted by Gasteiger charge is 2.18. The first kappa shape index (κ1) is 19.6. The lowest BCUT2D eigenvalue weighted by molar-refractivity contribution is 0.102. The molecule has 0 aliphatic carbocycles. The summed E-state index contributed by atoms with van der Waals surface area (Å²) in [6, 6.07) is 12.9. The lowest BCUT2D eigenvalue weighted by atomic mass is 10.1. The van der Waals surface area contributed by atoms with Crippen LogP contribution in [0.15, 0.2) is 48.5 Å². The van der Waals surface area contributed by atoms with Crippen LogP contribution in [0.25, 0.3) is 0 Å². The molecule has 3 rings (SSSR count). The number of aryl methyl sites for hydroxylation is 2. The quantitative estimate of drug-likeness (QED) is 0.595. The minimum Gasteiger partial charge on any atom is -0.481 e. The van der Waals surface area contributed by atoms with Crippen molar-refractivity contribution in [3.63, 3.8) is 0 Å². The maximum Gasteiger partial charge on any atom is 0.259 e. The van der Waals surface area contributed by atoms with E-state index < -0.39 is 0 Å². The maximum absolute atomic E-state index is 13.4. The van der Waals surface area contributed by atoms with Gasteiger partial charge in [-0.3, -0.25) is 4.79 Å². The monoisotopic (exact) mass is 399 g/mol. The average Bonchev–Trinajstić information content (AvgIpc) is 2.65. The van der Waals surface area contributed by atoms with E-state index in [1.54, 1.807) is 50.2 Å². The van der Waals surface area contributed by atoms with Gasteiger partial charge in [-0.15, -0.1) is 0 Å². The Hall–Kier alpha value is -3.12. The molecular formula is C21H19ClFN3O2. The lowest BCUT2D eigenvalue weighted by Gasteiger charge is -2.16. The summed E-state index contributed by atoms with van der Waals surface area (Å²) in [5.41, 5.74) is 3.35. The number of anilines is 3. The number of carbonyl (C=O) groups excluding carboxylic acids is 1. The van der Waals surface area contributed by atoms with Crippen LogP contribution in [0.1, 0.15) is 21.6 Å². The molecule has 1 amide bonds. The number of rotatable bonds is 5. The van der Waals surface area contributed by atoms with Crippen molar-refractivity contribution in [2.75, 3.05) is 17.7 Å². The van der Waals surface area contributed by atoms with Crippen LogP contribution in [0, 0.1) is 19.7 Å². The zero-order chi connectivity index (χ0) is 20.3. The average molecular weight is 400 g/mol. The zero-order valence-electron chi connectivity index (χ0n) is 15.6. The number of methoxy groups -OCH3 is 1. The highest BCUT2D eigenvalue weighted by atomic mass is 35.5. The second-order valence-electron chi connectivity index (χ2n) is 6.19. The first-order chi connectivity index (χ1) is 13.4. The van der Waals surface area contributed by atoms with Gasteiger partial charge in [0.1, 0.15) is 5.82 Å². The molecule has 0 saturated carbocycles. The summed E-state index contributed by atoms with van der Waals surface area (Å²) in [7, 11) is 1.53. The molecule has 0 saturated heterocycles. The molecule has 0 unspecified atom stereocenters. The molecule has 0 spiro atoms. The summed E-state index contributed by atoms with van der Waals surface area (Å²) in [6.07, 6.45) is 0. The van der Waals surface area contributed by atoms with Crippen LogP contribution in [-0.2, 0) is 0 Å². The molecular weight excluding hydrogens is 381 g/mol. The molecule has 1 aromatic heterocycles. The van der Waals surface area contributed by atoms with Gasteiger partial charge < -0.3 is 15.4 Å². The molecule has 0 aliphatic rings. The summed E-state index contributed by atoms with van der Waals surface area (Å²) in [5.74, 6) is -0.250. The van der Waals surface area contributed by atoms with E-state index >= 15 is 0 Å². The highest BCUT2D eigenvalue weighted by Crippen LogP contribution is 2.30. The summed E-state index contributed by atoms with van der Waals surface area (Å²) in [4.78, 5) is 17.2. The van der Waals surface area contributed by atoms with Gasteiger partial charge in [0.05, 0.1) is 34.8 Å². The van der Waals surface area contributed by atoms with Gasteiger partial charge in [-0.1, -0.05) is 17.7 Å². The Balaban J connectivity index is 1.92. The number of pyridine rings is 1. The smallest absolute Gasteiger partial charge is 0.259 e. The Labute approximate surface area is 167 Å². The van der Waals surface area contributed by atoms with E-state index in [9.17, 15) is 9.18 Å². The van der Waals surface area contributed by atoms with E-state index in [4.69, 9.17) is 16.3 Å². The molecule has 0 atom stereocenters. The molecule has 0 bridgehead atoms. The fourth-order valence-corrected chi connectivity index (χ4v) is 3.00. The standard InChI is InChI=1S/C21H19ClFN3O2/c1-12-11-14(23)7-8-16(12)25-18-6-4-5-15(22)20(18)21(27)26-17-9-10-19(28-3)24-13(17)2/h4-11,25H,1-3H3,(H,26,27). The molecule has 2 N–H and O–H groups in total. The van der Waals surface area contributed by atoms with Crippen LogP contribution in [-0.4, -0.2) is 18.0 Å². The Bertz CT molecular complexity index is 1040. The van der Waals surface area contributed by atoms with Gasteiger partial charge >= 0.3 is 0 Å². The van der Waals surface area contributed by atoms with Crippen LogP contribution in [0.4, 0.5) is 21.5 Å². The first-order valence-corrected chi connectivity index (χ1v) is 8.91. The maximum atomic E-state index is 13.4. The molecule has 2 aromatic carbocycles. The van der Waals surface area contributed by atoms with E-state index in [0.29, 0.717) is 39.2 Å². The molecule has 144 valence electrons. The van der Waals surface area contributed by atoms with Crippen molar-refractivity contribution in [2.45, 2.75) is 13.8 Å². The van der Waals surface area contributed by atoms with Crippen molar-refractivity contribution in [1.29, 1.82) is 0 Å². The van der Waals surface area contributed by atoms with Crippen LogP contribution >= 0.6 is 11.6 Å². The molecule has 28 heavy (non-hydrogen) atoms. The van der Waals surface area contributed by atoms with Gasteiger partial charge in [0, 0.05) is 11.8 Å². The topological polar surface area (TPSA) is 63.2 Å². The predicted molar refractivity (Wildman–Crippen MR) is 109 cm³/mol. The summed E-state index contributed by atoms with van der Waals surface area (Å²) < 4.78 is 18.4. The molecule has 3 aromatic rings. The number of benzene rings is 2. The van der Waals surface area contributed by atoms with Gasteiger partial charge in [0.25, 0.3) is 5.91 Å². The number of amides is 1. The van der Waals surface area contributed by atoms with Crippen molar-refractivity contribution in [1.82, 2.24) is 4.98 Å². The van der Waals surface area contributed by atoms with Crippen LogP contribution in [0.3, 0.4) is 0 Å². The van der Waals surface area contributed by atoms with E-state index in [0.717, 1.165) is 0 Å². The van der Waals surface area contributed by atoms with E-state index in [1.807, 2.05) is 0 Å². The molecule has 1 heterocycles. The minimum atomic E-state index is -0.386. The molecule has 0 aliphatic heterocycles. The number of ether oxygens (including phenoxy) is 1. The van der Waals surface area contributed by atoms with E-state index in [1.165, 1.54) is 19.2 Å². The predicted octanol–water partition coefficient (Wildman–Crippen LogP) is 5.50. The third-order valence-electron chi connectivity index (χ3n) is 4.22. The summed E-state index contributed by atoms with van der Waals surface area (Å²) in [5, 5.41) is 6.28. The Morgan fingerprint density at radius 2 is 1.82 bits per heavy atom. The van der Waals surface area contributed by atoms with Crippen molar-refractivity contribution in [3.8, 4) is 5.88 Å². The highest BCUT2D eigenvalue weighted by molar-refractivity contribution is 6.35. The SMILES string of the molecule is COc1ccc(NC(=O)c2c(Cl)cccc2Nc2ccc(F)cc2C)c(C)n1. The largest absolute Gasteiger partial charge is 0.481 e. The zero-order valence-corrected chi connectivity index (χ0v) is 16.4. The Kier molecular flexibility index (Phi) is 5.80. The molecule has 5 nitrogen and oxygen atoms in total. The van der Waals surface area contributed by atoms with Crippen molar-refractivity contribution in [2.24, 2.45) is 0 Å². The van der Waals surface area contributed by atoms with Gasteiger partial charge in [0.2, 0.25) is 5.88 Å². The third-order valence-corrected chi connectivity index (χ3v) is 4.53. The number of hydrogen-bond acceptors (Lipinski definition) is 4. The van der Waals surface area contributed by atoms with Crippen LogP contribution in [0.5, 0.6) is 5.88 Å². The van der Waals surface area contributed by atoms with Gasteiger partial charge in [-0.05, 0) is 55.8 Å². The summed E-state index contributed by atoms with van der Waals surface area (Å²) >= 11 is 6.31. The van der Waals surface area contributed by atoms with Gasteiger partial charge in [-0.25, -0.2) is 9.37 Å². The minimum absolute atomic E-state index is 0.281. The molecule has 0 radical (unpaired) electrons. The second kappa shape index (κ2) is 8.27. The number of nitrogens with zero attached hydrogens (tertiary/aromatic N) is 1. The number of nitrogens with one attached hydrogen (secondary N) is 2. The van der Waals surface area contributed by atoms with E-state index in [-0.39, 0.29) is 17.3 Å². The number of hydrogen-bond donors (Lipinski definition) is 2. The van der Waals surface area contributed by atoms with Crippen LogP contribution < -0.4 is 15.4 Å². The van der Waals surface area contributed by atoms with Gasteiger partial charge in [-0.2, -0.15) is 0 Å². The van der Waals surface area contributed by atoms with Crippen molar-refractivity contribution >= 4 is 34.6 Å². The van der Waals surface area contributed by atoms with E-state index in [2.05, 4.69) is 15.6 Å².